The van der Waals surface area contributed by atoms with E-state index < -0.39 is 26.0 Å². The van der Waals surface area contributed by atoms with Crippen LogP contribution in [0.15, 0.2) is 72.9 Å². The molecule has 0 aromatic heterocycles. The Hall–Kier alpha value is -2.10. The quantitative estimate of drug-likeness (QED) is 0.0163. The van der Waals surface area contributed by atoms with Gasteiger partial charge in [-0.05, 0) is 70.6 Å². The number of hydrogen-bond donors (Lipinski definition) is 1. The maximum atomic E-state index is 12.7. The van der Waals surface area contributed by atoms with E-state index in [0.29, 0.717) is 30.5 Å². The van der Waals surface area contributed by atoms with Crippen molar-refractivity contribution in [1.29, 1.82) is 0 Å². The van der Waals surface area contributed by atoms with Crippen molar-refractivity contribution in [2.24, 2.45) is 0 Å². The number of phosphoric ester groups is 1. The Kier molecular flexibility index (Phi) is 37.0. The maximum absolute atomic E-state index is 12.7. The number of hydrogen-bond acceptors (Lipinski definition) is 8. The summed E-state index contributed by atoms with van der Waals surface area (Å²) in [6, 6.07) is 0. The number of unbranched alkanes of at least 4 members (excludes halogenated alkanes) is 12. The zero-order chi connectivity index (χ0) is 41.4. The highest BCUT2D eigenvalue weighted by Gasteiger charge is 2.20. The number of carbonyl (C=O) groups excluding carboxylic acids is 1. The summed E-state index contributed by atoms with van der Waals surface area (Å²) in [5.74, 6) is -0.499. The fourth-order valence-electron chi connectivity index (χ4n) is 5.45. The van der Waals surface area contributed by atoms with Gasteiger partial charge in [0.15, 0.2) is 0 Å². The van der Waals surface area contributed by atoms with E-state index in [2.05, 4.69) is 62.5 Å². The van der Waals surface area contributed by atoms with Gasteiger partial charge in [-0.2, -0.15) is 0 Å². The molecule has 0 fully saturated rings. The van der Waals surface area contributed by atoms with Crippen LogP contribution in [-0.2, 0) is 27.9 Å². The summed E-state index contributed by atoms with van der Waals surface area (Å²) in [7, 11) is 1.22. The highest BCUT2D eigenvalue weighted by atomic mass is 31.2. The largest absolute Gasteiger partial charge is 0.756 e. The van der Waals surface area contributed by atoms with Crippen molar-refractivity contribution < 1.29 is 42.4 Å². The molecule has 0 amide bonds. The number of carbonyl (C=O) groups is 1. The molecule has 0 aliphatic rings. The first kappa shape index (κ1) is 53.9. The zero-order valence-corrected chi connectivity index (χ0v) is 37.1. The molecule has 324 valence electrons. The summed E-state index contributed by atoms with van der Waals surface area (Å²) < 4.78 is 34.4. The van der Waals surface area contributed by atoms with Gasteiger partial charge in [0.2, 0.25) is 0 Å². The molecule has 0 saturated carbocycles. The summed E-state index contributed by atoms with van der Waals surface area (Å²) in [6.07, 6.45) is 45.2. The topological polar surface area (TPSA) is 114 Å². The third kappa shape index (κ3) is 41.5. The number of phosphoric acid groups is 1. The molecule has 0 heterocycles. The number of rotatable bonds is 39. The minimum Gasteiger partial charge on any atom is -0.756 e. The van der Waals surface area contributed by atoms with Crippen LogP contribution in [0.25, 0.3) is 0 Å². The minimum atomic E-state index is -4.58. The lowest BCUT2D eigenvalue weighted by atomic mass is 10.1. The SMILES string of the molecule is CC/C=C\C/C=C\C/C=C\C/C=C\C=C\C(O)CCCC(=O)OC(COCCCCCCCC/C=C\CCCCCCCC)COP(=O)([O-])OCC[N+](C)(C)C. The molecule has 3 unspecified atom stereocenters. The first-order valence-corrected chi connectivity index (χ1v) is 23.2. The van der Waals surface area contributed by atoms with Gasteiger partial charge in [0, 0.05) is 13.0 Å². The molecule has 0 radical (unpaired) electrons. The van der Waals surface area contributed by atoms with E-state index in [4.69, 9.17) is 18.5 Å². The number of likely N-dealkylation sites (N-methyl/N-ethyl adjacent to an activating group) is 1. The first-order valence-electron chi connectivity index (χ1n) is 21.8. The molecular weight excluding hydrogens is 725 g/mol. The second-order valence-electron chi connectivity index (χ2n) is 15.5. The monoisotopic (exact) mass is 808 g/mol. The van der Waals surface area contributed by atoms with Crippen LogP contribution in [-0.4, -0.2) is 81.9 Å². The van der Waals surface area contributed by atoms with E-state index in [-0.39, 0.29) is 26.2 Å². The van der Waals surface area contributed by atoms with Gasteiger partial charge >= 0.3 is 5.97 Å². The lowest BCUT2D eigenvalue weighted by Gasteiger charge is -2.28. The lowest BCUT2D eigenvalue weighted by Crippen LogP contribution is -2.37. The Bertz CT molecular complexity index is 1140. The van der Waals surface area contributed by atoms with Gasteiger partial charge < -0.3 is 33.0 Å². The predicted molar refractivity (Wildman–Crippen MR) is 232 cm³/mol. The molecule has 56 heavy (non-hydrogen) atoms. The van der Waals surface area contributed by atoms with Crippen LogP contribution in [0, 0.1) is 0 Å². The molecule has 0 aliphatic carbocycles. The summed E-state index contributed by atoms with van der Waals surface area (Å²) in [5, 5.41) is 10.3. The van der Waals surface area contributed by atoms with Crippen molar-refractivity contribution in [2.45, 2.75) is 161 Å². The smallest absolute Gasteiger partial charge is 0.306 e. The van der Waals surface area contributed by atoms with Crippen molar-refractivity contribution in [2.75, 3.05) is 54.1 Å². The Morgan fingerprint density at radius 3 is 1.86 bits per heavy atom. The third-order valence-corrected chi connectivity index (χ3v) is 9.81. The molecule has 0 saturated heterocycles. The first-order chi connectivity index (χ1) is 27.0. The Morgan fingerprint density at radius 2 is 1.25 bits per heavy atom. The highest BCUT2D eigenvalue weighted by Crippen LogP contribution is 2.38. The Balaban J connectivity index is 4.47. The van der Waals surface area contributed by atoms with Crippen LogP contribution in [0.3, 0.4) is 0 Å². The molecule has 0 aromatic carbocycles. The van der Waals surface area contributed by atoms with Gasteiger partial charge in [-0.15, -0.1) is 0 Å². The number of allylic oxidation sites excluding steroid dienone is 11. The summed E-state index contributed by atoms with van der Waals surface area (Å²) in [5.41, 5.74) is 0. The second kappa shape index (κ2) is 38.4. The molecule has 9 nitrogen and oxygen atoms in total. The van der Waals surface area contributed by atoms with Crippen molar-refractivity contribution in [3.05, 3.63) is 72.9 Å². The summed E-state index contributed by atoms with van der Waals surface area (Å²) in [4.78, 5) is 25.1. The molecule has 1 N–H and O–H groups in total. The molecule has 0 spiro atoms. The molecule has 0 aromatic rings. The summed E-state index contributed by atoms with van der Waals surface area (Å²) >= 11 is 0. The average molecular weight is 808 g/mol. The van der Waals surface area contributed by atoms with E-state index >= 15 is 0 Å². The van der Waals surface area contributed by atoms with Crippen molar-refractivity contribution in [3.63, 3.8) is 0 Å². The number of esters is 1. The predicted octanol–water partition coefficient (Wildman–Crippen LogP) is 11.1. The number of aliphatic hydroxyl groups is 1. The van der Waals surface area contributed by atoms with Crippen molar-refractivity contribution >= 4 is 13.8 Å². The van der Waals surface area contributed by atoms with Gasteiger partial charge in [-0.1, -0.05) is 145 Å². The summed E-state index contributed by atoms with van der Waals surface area (Å²) in [6.45, 7) is 4.98. The molecule has 0 aliphatic heterocycles. The molecule has 3 atom stereocenters. The van der Waals surface area contributed by atoms with Gasteiger partial charge in [0.1, 0.15) is 19.3 Å². The zero-order valence-electron chi connectivity index (χ0n) is 36.2. The van der Waals surface area contributed by atoms with E-state index in [1.54, 1.807) is 6.08 Å². The van der Waals surface area contributed by atoms with Gasteiger partial charge in [-0.25, -0.2) is 0 Å². The molecule has 0 rings (SSSR count). The van der Waals surface area contributed by atoms with Crippen molar-refractivity contribution in [3.8, 4) is 0 Å². The van der Waals surface area contributed by atoms with E-state index in [1.165, 1.54) is 64.2 Å². The number of quaternary nitrogens is 1. The molecule has 0 bridgehead atoms. The van der Waals surface area contributed by atoms with Gasteiger partial charge in [-0.3, -0.25) is 9.36 Å². The van der Waals surface area contributed by atoms with Crippen LogP contribution in [0.5, 0.6) is 0 Å². The van der Waals surface area contributed by atoms with E-state index in [0.717, 1.165) is 51.4 Å². The minimum absolute atomic E-state index is 0.0136. The maximum Gasteiger partial charge on any atom is 0.306 e. The number of aliphatic hydroxyl groups excluding tert-OH is 1. The van der Waals surface area contributed by atoms with Gasteiger partial charge in [0.25, 0.3) is 7.82 Å². The van der Waals surface area contributed by atoms with Crippen LogP contribution in [0.4, 0.5) is 0 Å². The number of nitrogens with zero attached hydrogens (tertiary/aromatic N) is 1. The van der Waals surface area contributed by atoms with Crippen LogP contribution in [0.2, 0.25) is 0 Å². The highest BCUT2D eigenvalue weighted by molar-refractivity contribution is 7.45. The van der Waals surface area contributed by atoms with Gasteiger partial charge in [0.05, 0.1) is 40.5 Å². The standard InChI is InChI=1S/C46H82NO8P/c1-6-8-10-12-14-16-18-20-21-22-24-26-28-30-32-34-40-52-42-45(43-54-56(50,51)53-41-39-47(3,4)5)55-46(49)38-35-37-44(48)36-33-31-29-27-25-23-19-17-15-13-11-9-7-2/h9,11,15,17,20-21,23,25,29,31,33,36,44-45,48H,6-8,10,12-14,16,18-19,22,24,26-28,30,32,34-35,37-43H2,1-5H3/b11-9-,17-15-,21-20-,25-23-,31-29-,36-33+. The van der Waals surface area contributed by atoms with Crippen LogP contribution < -0.4 is 4.89 Å². The molecular formula is C46H82NO8P. The third-order valence-electron chi connectivity index (χ3n) is 8.85. The van der Waals surface area contributed by atoms with Crippen molar-refractivity contribution in [1.82, 2.24) is 0 Å². The number of ether oxygens (including phenoxy) is 2. The van der Waals surface area contributed by atoms with Crippen LogP contribution >= 0.6 is 7.82 Å². The molecule has 10 heteroatoms. The van der Waals surface area contributed by atoms with E-state index in [1.807, 2.05) is 39.4 Å². The fraction of sp³-hybridized carbons (Fsp3) is 0.717. The fourth-order valence-corrected chi connectivity index (χ4v) is 6.18. The normalized spacial score (nSPS) is 15.1. The van der Waals surface area contributed by atoms with Crippen LogP contribution in [0.1, 0.15) is 149 Å². The second-order valence-corrected chi connectivity index (χ2v) is 16.9. The van der Waals surface area contributed by atoms with E-state index in [9.17, 15) is 19.4 Å². The lowest BCUT2D eigenvalue weighted by molar-refractivity contribution is -0.870. The Labute approximate surface area is 343 Å². The average Bonchev–Trinajstić information content (AvgIpc) is 3.14. The Morgan fingerprint density at radius 1 is 0.679 bits per heavy atom.